The van der Waals surface area contributed by atoms with Gasteiger partial charge in [-0.3, -0.25) is 0 Å². The monoisotopic (exact) mass is 343 g/mol. The Morgan fingerprint density at radius 2 is 1.00 bits per heavy atom. The Balaban J connectivity index is 2.98. The molecule has 0 heterocycles. The molecule has 0 fully saturated rings. The number of rotatable bonds is 20. The summed E-state index contributed by atoms with van der Waals surface area (Å²) < 4.78 is 0. The van der Waals surface area contributed by atoms with Gasteiger partial charge in [0.25, 0.3) is 0 Å². The lowest BCUT2D eigenvalue weighted by Gasteiger charge is -2.08. The Hall–Kier alpha value is -0.120. The molecule has 3 heteroatoms. The van der Waals surface area contributed by atoms with Crippen LogP contribution in [0.5, 0.6) is 0 Å². The van der Waals surface area contributed by atoms with Crippen molar-refractivity contribution in [2.45, 2.75) is 116 Å². The zero-order valence-corrected chi connectivity index (χ0v) is 16.4. The summed E-state index contributed by atoms with van der Waals surface area (Å²) in [6, 6.07) is 0. The first-order chi connectivity index (χ1) is 11.8. The Bertz CT molecular complexity index is 224. The molecule has 0 radical (unpaired) electrons. The van der Waals surface area contributed by atoms with Crippen LogP contribution in [0.2, 0.25) is 0 Å². The van der Waals surface area contributed by atoms with Crippen LogP contribution in [0, 0.1) is 0 Å². The molecule has 0 bridgehead atoms. The van der Waals surface area contributed by atoms with Crippen LogP contribution in [-0.4, -0.2) is 36.0 Å². The summed E-state index contributed by atoms with van der Waals surface area (Å²) in [6.45, 7) is 3.60. The van der Waals surface area contributed by atoms with Crippen LogP contribution in [0.15, 0.2) is 0 Å². The van der Waals surface area contributed by atoms with E-state index in [0.29, 0.717) is 6.54 Å². The average Bonchev–Trinajstić information content (AvgIpc) is 2.60. The van der Waals surface area contributed by atoms with Crippen molar-refractivity contribution in [3.05, 3.63) is 0 Å². The summed E-state index contributed by atoms with van der Waals surface area (Å²) in [7, 11) is 0. The normalized spacial score (nSPS) is 12.6. The SMILES string of the molecule is CCCCCCCCCCCCCCCCCCNCC(O)CO. The number of aliphatic hydroxyl groups is 2. The Morgan fingerprint density at radius 3 is 1.38 bits per heavy atom. The Labute approximate surface area is 151 Å². The van der Waals surface area contributed by atoms with Gasteiger partial charge in [-0.15, -0.1) is 0 Å². The van der Waals surface area contributed by atoms with E-state index in [2.05, 4.69) is 12.2 Å². The molecule has 3 nitrogen and oxygen atoms in total. The van der Waals surface area contributed by atoms with E-state index in [9.17, 15) is 5.11 Å². The molecule has 0 rings (SSSR count). The van der Waals surface area contributed by atoms with Gasteiger partial charge in [-0.05, 0) is 13.0 Å². The number of aliphatic hydroxyl groups excluding tert-OH is 2. The second kappa shape index (κ2) is 20.9. The molecule has 0 aromatic heterocycles. The molecular weight excluding hydrogens is 298 g/mol. The van der Waals surface area contributed by atoms with E-state index >= 15 is 0 Å². The third-order valence-corrected chi connectivity index (χ3v) is 4.80. The molecule has 0 aliphatic heterocycles. The van der Waals surface area contributed by atoms with Gasteiger partial charge in [-0.25, -0.2) is 0 Å². The molecule has 0 aliphatic carbocycles. The first kappa shape index (κ1) is 23.9. The van der Waals surface area contributed by atoms with Crippen molar-refractivity contribution < 1.29 is 10.2 Å². The molecule has 1 unspecified atom stereocenters. The van der Waals surface area contributed by atoms with Crippen molar-refractivity contribution in [1.82, 2.24) is 5.32 Å². The van der Waals surface area contributed by atoms with Crippen LogP contribution in [0.25, 0.3) is 0 Å². The zero-order valence-electron chi connectivity index (χ0n) is 16.4. The molecule has 24 heavy (non-hydrogen) atoms. The highest BCUT2D eigenvalue weighted by molar-refractivity contribution is 4.57. The number of hydrogen-bond donors (Lipinski definition) is 3. The van der Waals surface area contributed by atoms with E-state index in [4.69, 9.17) is 5.11 Å². The smallest absolute Gasteiger partial charge is 0.0894 e. The largest absolute Gasteiger partial charge is 0.394 e. The highest BCUT2D eigenvalue weighted by atomic mass is 16.3. The highest BCUT2D eigenvalue weighted by Gasteiger charge is 1.99. The summed E-state index contributed by atoms with van der Waals surface area (Å²) in [5, 5.41) is 21.0. The van der Waals surface area contributed by atoms with E-state index in [1.807, 2.05) is 0 Å². The molecule has 0 spiro atoms. The van der Waals surface area contributed by atoms with Crippen molar-refractivity contribution in [1.29, 1.82) is 0 Å². The summed E-state index contributed by atoms with van der Waals surface area (Å²) in [4.78, 5) is 0. The van der Waals surface area contributed by atoms with Gasteiger partial charge in [0, 0.05) is 6.54 Å². The Kier molecular flexibility index (Phi) is 20.8. The van der Waals surface area contributed by atoms with Crippen molar-refractivity contribution in [3.63, 3.8) is 0 Å². The second-order valence-electron chi connectivity index (χ2n) is 7.34. The number of hydrogen-bond acceptors (Lipinski definition) is 3. The maximum atomic E-state index is 9.18. The van der Waals surface area contributed by atoms with E-state index in [-0.39, 0.29) is 6.61 Å². The quantitative estimate of drug-likeness (QED) is 0.267. The average molecular weight is 344 g/mol. The zero-order chi connectivity index (χ0) is 17.7. The molecular formula is C21H45NO2. The van der Waals surface area contributed by atoms with Gasteiger partial charge in [0.15, 0.2) is 0 Å². The molecule has 0 aliphatic rings. The minimum atomic E-state index is -0.606. The van der Waals surface area contributed by atoms with E-state index in [1.54, 1.807) is 0 Å². The van der Waals surface area contributed by atoms with Crippen LogP contribution in [0.3, 0.4) is 0 Å². The van der Waals surface area contributed by atoms with Gasteiger partial charge >= 0.3 is 0 Å². The maximum absolute atomic E-state index is 9.18. The fourth-order valence-corrected chi connectivity index (χ4v) is 3.13. The van der Waals surface area contributed by atoms with Crippen molar-refractivity contribution in [2.24, 2.45) is 0 Å². The second-order valence-corrected chi connectivity index (χ2v) is 7.34. The molecule has 1 atom stereocenters. The molecule has 0 aromatic rings. The van der Waals surface area contributed by atoms with Crippen molar-refractivity contribution in [3.8, 4) is 0 Å². The fourth-order valence-electron chi connectivity index (χ4n) is 3.13. The van der Waals surface area contributed by atoms with Gasteiger partial charge < -0.3 is 15.5 Å². The van der Waals surface area contributed by atoms with Gasteiger partial charge in [0.05, 0.1) is 12.7 Å². The maximum Gasteiger partial charge on any atom is 0.0894 e. The third kappa shape index (κ3) is 19.9. The summed E-state index contributed by atoms with van der Waals surface area (Å²) in [5.41, 5.74) is 0. The molecule has 0 saturated carbocycles. The first-order valence-electron chi connectivity index (χ1n) is 10.8. The fraction of sp³-hybridized carbons (Fsp3) is 1.00. The lowest BCUT2D eigenvalue weighted by Crippen LogP contribution is -2.29. The standard InChI is InChI=1S/C21H45NO2/c1-2-3-4-5-6-7-8-9-10-11-12-13-14-15-16-17-18-22-19-21(24)20-23/h21-24H,2-20H2,1H3. The van der Waals surface area contributed by atoms with Gasteiger partial charge in [-0.1, -0.05) is 103 Å². The van der Waals surface area contributed by atoms with Crippen molar-refractivity contribution in [2.75, 3.05) is 19.7 Å². The van der Waals surface area contributed by atoms with Gasteiger partial charge in [0.1, 0.15) is 0 Å². The topological polar surface area (TPSA) is 52.5 Å². The predicted octanol–water partition coefficient (Wildman–Crippen LogP) is 5.19. The predicted molar refractivity (Wildman–Crippen MR) is 106 cm³/mol. The highest BCUT2D eigenvalue weighted by Crippen LogP contribution is 2.13. The van der Waals surface area contributed by atoms with E-state index in [1.165, 1.54) is 103 Å². The third-order valence-electron chi connectivity index (χ3n) is 4.80. The van der Waals surface area contributed by atoms with Crippen LogP contribution in [0.1, 0.15) is 110 Å². The van der Waals surface area contributed by atoms with Gasteiger partial charge in [-0.2, -0.15) is 0 Å². The lowest BCUT2D eigenvalue weighted by molar-refractivity contribution is 0.0945. The van der Waals surface area contributed by atoms with E-state index in [0.717, 1.165) is 6.54 Å². The number of unbranched alkanes of at least 4 members (excludes halogenated alkanes) is 15. The minimum Gasteiger partial charge on any atom is -0.394 e. The lowest BCUT2D eigenvalue weighted by atomic mass is 10.0. The van der Waals surface area contributed by atoms with Gasteiger partial charge in [0.2, 0.25) is 0 Å². The first-order valence-corrected chi connectivity index (χ1v) is 10.8. The number of nitrogens with one attached hydrogen (secondary N) is 1. The molecule has 0 aromatic carbocycles. The Morgan fingerprint density at radius 1 is 0.625 bits per heavy atom. The summed E-state index contributed by atoms with van der Waals surface area (Å²) >= 11 is 0. The molecule has 0 saturated heterocycles. The van der Waals surface area contributed by atoms with Crippen molar-refractivity contribution >= 4 is 0 Å². The van der Waals surface area contributed by atoms with Crippen LogP contribution < -0.4 is 5.32 Å². The molecule has 3 N–H and O–H groups in total. The van der Waals surface area contributed by atoms with Crippen LogP contribution in [0.4, 0.5) is 0 Å². The molecule has 0 amide bonds. The van der Waals surface area contributed by atoms with E-state index < -0.39 is 6.10 Å². The van der Waals surface area contributed by atoms with Crippen LogP contribution >= 0.6 is 0 Å². The molecule has 146 valence electrons. The summed E-state index contributed by atoms with van der Waals surface area (Å²) in [5.74, 6) is 0. The minimum absolute atomic E-state index is 0.147. The van der Waals surface area contributed by atoms with Crippen LogP contribution in [-0.2, 0) is 0 Å². The summed E-state index contributed by atoms with van der Waals surface area (Å²) in [6.07, 6.45) is 21.7.